The van der Waals surface area contributed by atoms with Crippen LogP contribution in [0.25, 0.3) is 0 Å². The van der Waals surface area contributed by atoms with E-state index in [9.17, 15) is 9.59 Å². The van der Waals surface area contributed by atoms with Gasteiger partial charge in [-0.25, -0.2) is 0 Å². The van der Waals surface area contributed by atoms with Gasteiger partial charge in [0.05, 0.1) is 0 Å². The molecule has 0 radical (unpaired) electrons. The third-order valence-corrected chi connectivity index (χ3v) is 2.89. The van der Waals surface area contributed by atoms with Crippen molar-refractivity contribution in [1.29, 1.82) is 0 Å². The Balaban J connectivity index is 0.000000220. The van der Waals surface area contributed by atoms with Crippen LogP contribution >= 0.6 is 0 Å². The molecule has 2 rings (SSSR count). The minimum absolute atomic E-state index is 0.242. The number of esters is 1. The van der Waals surface area contributed by atoms with Gasteiger partial charge < -0.3 is 9.53 Å². The molecule has 0 spiro atoms. The maximum absolute atomic E-state index is 10.6. The van der Waals surface area contributed by atoms with Crippen molar-refractivity contribution in [3.05, 3.63) is 71.8 Å². The summed E-state index contributed by atoms with van der Waals surface area (Å²) in [6.07, 6.45) is 1.53. The number of ether oxygens (including phenoxy) is 1. The van der Waals surface area contributed by atoms with Gasteiger partial charge in [-0.2, -0.15) is 0 Å². The fraction of sp³-hybridized carbons (Fsp3) is 0.263. The van der Waals surface area contributed by atoms with Gasteiger partial charge >= 0.3 is 5.97 Å². The van der Waals surface area contributed by atoms with E-state index in [4.69, 9.17) is 4.74 Å². The molecule has 0 heterocycles. The van der Waals surface area contributed by atoms with Crippen LogP contribution in [0.4, 0.5) is 0 Å². The smallest absolute Gasteiger partial charge is 0.302 e. The van der Waals surface area contributed by atoms with Gasteiger partial charge in [0.25, 0.3) is 0 Å². The molecule has 0 N–H and O–H groups in total. The Labute approximate surface area is 131 Å². The SMILES string of the molecule is CC(=O)CCc1ccccc1.CC(=O)OCc1ccccc1. The predicted octanol–water partition coefficient (Wildman–Crippen LogP) is 3.96. The minimum Gasteiger partial charge on any atom is -0.461 e. The highest BCUT2D eigenvalue weighted by molar-refractivity contribution is 5.75. The molecular weight excluding hydrogens is 276 g/mol. The number of hydrogen-bond donors (Lipinski definition) is 0. The summed E-state index contributed by atoms with van der Waals surface area (Å²) in [5.74, 6) is 0.0164. The zero-order valence-corrected chi connectivity index (χ0v) is 13.1. The lowest BCUT2D eigenvalue weighted by atomic mass is 10.1. The summed E-state index contributed by atoms with van der Waals surface area (Å²) < 4.78 is 4.79. The molecule has 22 heavy (non-hydrogen) atoms. The van der Waals surface area contributed by atoms with Crippen LogP contribution in [0.15, 0.2) is 60.7 Å². The standard InChI is InChI=1S/C10H12O.C9H10O2/c1-9(11)7-8-10-5-3-2-4-6-10;1-8(10)11-7-9-5-3-2-4-6-9/h2-6H,7-8H2,1H3;2-6H,7H2,1H3. The number of carbonyl (C=O) groups is 2. The molecule has 116 valence electrons. The fourth-order valence-electron chi connectivity index (χ4n) is 1.72. The van der Waals surface area contributed by atoms with Crippen LogP contribution in [0, 0.1) is 0 Å². The first-order chi connectivity index (χ1) is 10.6. The molecule has 0 unspecified atom stereocenters. The van der Waals surface area contributed by atoms with Crippen LogP contribution < -0.4 is 0 Å². The molecule has 0 saturated heterocycles. The van der Waals surface area contributed by atoms with E-state index in [2.05, 4.69) is 0 Å². The lowest BCUT2D eigenvalue weighted by molar-refractivity contribution is -0.142. The lowest BCUT2D eigenvalue weighted by Gasteiger charge is -1.99. The Morgan fingerprint density at radius 3 is 1.77 bits per heavy atom. The highest BCUT2D eigenvalue weighted by atomic mass is 16.5. The van der Waals surface area contributed by atoms with Crippen molar-refractivity contribution in [2.45, 2.75) is 33.3 Å². The van der Waals surface area contributed by atoms with E-state index < -0.39 is 0 Å². The van der Waals surface area contributed by atoms with Gasteiger partial charge in [0.2, 0.25) is 0 Å². The van der Waals surface area contributed by atoms with Crippen LogP contribution in [0.1, 0.15) is 31.4 Å². The average molecular weight is 298 g/mol. The molecule has 0 fully saturated rings. The summed E-state index contributed by atoms with van der Waals surface area (Å²) in [7, 11) is 0. The van der Waals surface area contributed by atoms with Crippen LogP contribution in [-0.4, -0.2) is 11.8 Å². The first-order valence-electron chi connectivity index (χ1n) is 7.28. The van der Waals surface area contributed by atoms with Crippen molar-refractivity contribution in [1.82, 2.24) is 0 Å². The summed E-state index contributed by atoms with van der Waals surface area (Å²) in [5, 5.41) is 0. The Bertz CT molecular complexity index is 508. The molecule has 0 aliphatic heterocycles. The van der Waals surface area contributed by atoms with Gasteiger partial charge in [-0.1, -0.05) is 60.7 Å². The van der Waals surface area contributed by atoms with Gasteiger partial charge in [-0.3, -0.25) is 4.79 Å². The summed E-state index contributed by atoms with van der Waals surface area (Å²) in [5.41, 5.74) is 2.26. The van der Waals surface area contributed by atoms with Crippen molar-refractivity contribution in [3.63, 3.8) is 0 Å². The van der Waals surface area contributed by atoms with Gasteiger partial charge in [0.1, 0.15) is 12.4 Å². The fourth-order valence-corrected chi connectivity index (χ4v) is 1.72. The normalized spacial score (nSPS) is 9.36. The third kappa shape index (κ3) is 8.69. The van der Waals surface area contributed by atoms with Crippen LogP contribution in [0.2, 0.25) is 0 Å². The Kier molecular flexibility index (Phi) is 8.28. The molecule has 2 aromatic rings. The third-order valence-electron chi connectivity index (χ3n) is 2.89. The number of aryl methyl sites for hydroxylation is 1. The Morgan fingerprint density at radius 1 is 0.818 bits per heavy atom. The number of rotatable bonds is 5. The second-order valence-electron chi connectivity index (χ2n) is 4.95. The van der Waals surface area contributed by atoms with E-state index in [1.165, 1.54) is 12.5 Å². The minimum atomic E-state index is -0.242. The van der Waals surface area contributed by atoms with Crippen LogP contribution in [-0.2, 0) is 27.4 Å². The summed E-state index contributed by atoms with van der Waals surface area (Å²) >= 11 is 0. The van der Waals surface area contributed by atoms with Gasteiger partial charge in [0, 0.05) is 13.3 Å². The monoisotopic (exact) mass is 298 g/mol. The maximum atomic E-state index is 10.6. The second kappa shape index (κ2) is 10.3. The number of Topliss-reactive ketones (excluding diaryl/α,β-unsaturated/α-hetero) is 1. The van der Waals surface area contributed by atoms with Crippen LogP contribution in [0.5, 0.6) is 0 Å². The number of carbonyl (C=O) groups excluding carboxylic acids is 2. The van der Waals surface area contributed by atoms with Crippen LogP contribution in [0.3, 0.4) is 0 Å². The van der Waals surface area contributed by atoms with E-state index in [1.54, 1.807) is 6.92 Å². The molecule has 3 heteroatoms. The Hall–Kier alpha value is -2.42. The van der Waals surface area contributed by atoms with E-state index >= 15 is 0 Å². The maximum Gasteiger partial charge on any atom is 0.302 e. The average Bonchev–Trinajstić information content (AvgIpc) is 2.53. The molecule has 0 aliphatic carbocycles. The first-order valence-corrected chi connectivity index (χ1v) is 7.28. The number of benzene rings is 2. The molecule has 3 nitrogen and oxygen atoms in total. The number of ketones is 1. The van der Waals surface area contributed by atoms with Gasteiger partial charge in [-0.05, 0) is 24.5 Å². The highest BCUT2D eigenvalue weighted by Crippen LogP contribution is 2.02. The molecule has 0 saturated carbocycles. The van der Waals surface area contributed by atoms with Crippen molar-refractivity contribution < 1.29 is 14.3 Å². The quantitative estimate of drug-likeness (QED) is 0.785. The zero-order chi connectivity index (χ0) is 16.2. The molecule has 2 aromatic carbocycles. The summed E-state index contributed by atoms with van der Waals surface area (Å²) in [6.45, 7) is 3.40. The summed E-state index contributed by atoms with van der Waals surface area (Å²) in [6, 6.07) is 19.7. The number of hydrogen-bond acceptors (Lipinski definition) is 3. The molecule has 0 bridgehead atoms. The van der Waals surface area contributed by atoms with E-state index in [0.29, 0.717) is 13.0 Å². The van der Waals surface area contributed by atoms with E-state index in [1.807, 2.05) is 60.7 Å². The Morgan fingerprint density at radius 2 is 1.32 bits per heavy atom. The largest absolute Gasteiger partial charge is 0.461 e. The first kappa shape index (κ1) is 17.6. The molecule has 0 aromatic heterocycles. The zero-order valence-electron chi connectivity index (χ0n) is 13.1. The molecule has 0 atom stereocenters. The van der Waals surface area contributed by atoms with E-state index in [0.717, 1.165) is 12.0 Å². The molecular formula is C19H22O3. The molecule has 0 amide bonds. The van der Waals surface area contributed by atoms with Crippen molar-refractivity contribution in [3.8, 4) is 0 Å². The van der Waals surface area contributed by atoms with Gasteiger partial charge in [0.15, 0.2) is 0 Å². The predicted molar refractivity (Wildman–Crippen MR) is 87.4 cm³/mol. The molecule has 0 aliphatic rings. The van der Waals surface area contributed by atoms with Gasteiger partial charge in [-0.15, -0.1) is 0 Å². The van der Waals surface area contributed by atoms with E-state index in [-0.39, 0.29) is 11.8 Å². The summed E-state index contributed by atoms with van der Waals surface area (Å²) in [4.78, 5) is 21.0. The van der Waals surface area contributed by atoms with Crippen molar-refractivity contribution >= 4 is 11.8 Å². The highest BCUT2D eigenvalue weighted by Gasteiger charge is 1.94. The van der Waals surface area contributed by atoms with Crippen molar-refractivity contribution in [2.75, 3.05) is 0 Å². The topological polar surface area (TPSA) is 43.4 Å². The second-order valence-corrected chi connectivity index (χ2v) is 4.95. The van der Waals surface area contributed by atoms with Crippen molar-refractivity contribution in [2.24, 2.45) is 0 Å². The lowest BCUT2D eigenvalue weighted by Crippen LogP contribution is -1.97.